The van der Waals surface area contributed by atoms with Gasteiger partial charge in [-0.3, -0.25) is 9.59 Å². The van der Waals surface area contributed by atoms with Crippen LogP contribution in [0.2, 0.25) is 5.02 Å². The summed E-state index contributed by atoms with van der Waals surface area (Å²) in [5, 5.41) is 3.67. The number of halogens is 1. The second kappa shape index (κ2) is 13.4. The van der Waals surface area contributed by atoms with Gasteiger partial charge in [0.15, 0.2) is 0 Å². The molecular formula is C25H33ClN2O3S. The molecule has 1 atom stereocenters. The van der Waals surface area contributed by atoms with Crippen molar-refractivity contribution < 1.29 is 14.3 Å². The van der Waals surface area contributed by atoms with Gasteiger partial charge in [0.2, 0.25) is 11.8 Å². The number of methoxy groups -OCH3 is 1. The second-order valence-electron chi connectivity index (χ2n) is 7.86. The Morgan fingerprint density at radius 3 is 2.31 bits per heavy atom. The van der Waals surface area contributed by atoms with E-state index < -0.39 is 6.04 Å². The molecular weight excluding hydrogens is 444 g/mol. The van der Waals surface area contributed by atoms with Crippen LogP contribution in [-0.2, 0) is 16.1 Å². The third-order valence-corrected chi connectivity index (χ3v) is 6.30. The molecule has 0 aliphatic rings. The van der Waals surface area contributed by atoms with Gasteiger partial charge in [-0.2, -0.15) is 0 Å². The smallest absolute Gasteiger partial charge is 0.243 e. The molecule has 1 N–H and O–H groups in total. The van der Waals surface area contributed by atoms with E-state index in [-0.39, 0.29) is 17.9 Å². The highest BCUT2D eigenvalue weighted by molar-refractivity contribution is 7.99. The summed E-state index contributed by atoms with van der Waals surface area (Å²) in [4.78, 5) is 28.9. The molecule has 7 heteroatoms. The van der Waals surface area contributed by atoms with Crippen LogP contribution in [0.1, 0.15) is 45.6 Å². The highest BCUT2D eigenvalue weighted by Gasteiger charge is 2.28. The molecule has 0 saturated carbocycles. The molecule has 0 radical (unpaired) electrons. The first kappa shape index (κ1) is 26.1. The van der Waals surface area contributed by atoms with Crippen LogP contribution in [0.15, 0.2) is 53.4 Å². The molecule has 2 aromatic rings. The van der Waals surface area contributed by atoms with E-state index in [2.05, 4.69) is 5.32 Å². The molecule has 1 unspecified atom stereocenters. The minimum Gasteiger partial charge on any atom is -0.497 e. The van der Waals surface area contributed by atoms with Crippen LogP contribution < -0.4 is 10.1 Å². The number of amides is 2. The van der Waals surface area contributed by atoms with Crippen molar-refractivity contribution >= 4 is 35.2 Å². The van der Waals surface area contributed by atoms with Crippen molar-refractivity contribution in [2.24, 2.45) is 0 Å². The van der Waals surface area contributed by atoms with Crippen molar-refractivity contribution in [3.63, 3.8) is 0 Å². The van der Waals surface area contributed by atoms with Crippen LogP contribution in [0.25, 0.3) is 0 Å². The minimum absolute atomic E-state index is 0.0109. The van der Waals surface area contributed by atoms with Crippen LogP contribution in [0.4, 0.5) is 0 Å². The van der Waals surface area contributed by atoms with Crippen LogP contribution in [0.3, 0.4) is 0 Å². The lowest BCUT2D eigenvalue weighted by Gasteiger charge is -2.31. The highest BCUT2D eigenvalue weighted by atomic mass is 35.5. The molecule has 0 aliphatic carbocycles. The Kier molecular flexibility index (Phi) is 10.9. The Hall–Kier alpha value is -2.18. The maximum absolute atomic E-state index is 13.2. The first-order valence-corrected chi connectivity index (χ1v) is 12.3. The summed E-state index contributed by atoms with van der Waals surface area (Å²) in [6, 6.07) is 14.8. The molecule has 32 heavy (non-hydrogen) atoms. The molecule has 0 heterocycles. The normalized spacial score (nSPS) is 11.8. The summed E-state index contributed by atoms with van der Waals surface area (Å²) in [7, 11) is 1.62. The van der Waals surface area contributed by atoms with E-state index >= 15 is 0 Å². The molecule has 2 aromatic carbocycles. The second-order valence-corrected chi connectivity index (χ2v) is 9.47. The molecule has 0 aliphatic heterocycles. The Balaban J connectivity index is 2.05. The number of rotatable bonds is 12. The fourth-order valence-corrected chi connectivity index (χ4v) is 4.29. The SMILES string of the molecule is CCC(C(=O)NC(C)C)N(Cc1ccc(OC)cc1)C(=O)CCCSc1ccc(Cl)cc1. The number of benzene rings is 2. The fourth-order valence-electron chi connectivity index (χ4n) is 3.32. The van der Waals surface area contributed by atoms with Crippen molar-refractivity contribution in [3.05, 3.63) is 59.1 Å². The van der Waals surface area contributed by atoms with Gasteiger partial charge in [0.1, 0.15) is 11.8 Å². The number of nitrogens with one attached hydrogen (secondary N) is 1. The van der Waals surface area contributed by atoms with Crippen LogP contribution in [0.5, 0.6) is 5.75 Å². The molecule has 0 aromatic heterocycles. The highest BCUT2D eigenvalue weighted by Crippen LogP contribution is 2.22. The molecule has 0 bridgehead atoms. The third kappa shape index (κ3) is 8.40. The van der Waals surface area contributed by atoms with Gasteiger partial charge in [-0.1, -0.05) is 30.7 Å². The van der Waals surface area contributed by atoms with Crippen LogP contribution >= 0.6 is 23.4 Å². The minimum atomic E-state index is -0.504. The maximum Gasteiger partial charge on any atom is 0.243 e. The first-order valence-electron chi connectivity index (χ1n) is 10.9. The van der Waals surface area contributed by atoms with Gasteiger partial charge >= 0.3 is 0 Å². The lowest BCUT2D eigenvalue weighted by molar-refractivity contribution is -0.141. The van der Waals surface area contributed by atoms with Gasteiger partial charge in [-0.25, -0.2) is 0 Å². The van der Waals surface area contributed by atoms with Gasteiger partial charge in [-0.15, -0.1) is 11.8 Å². The summed E-state index contributed by atoms with van der Waals surface area (Å²) in [5.74, 6) is 1.46. The average Bonchev–Trinajstić information content (AvgIpc) is 2.77. The standard InChI is InChI=1S/C25H33ClN2O3S/c1-5-23(25(30)27-18(2)3)28(17-19-8-12-21(31-4)13-9-19)24(29)7-6-16-32-22-14-10-20(26)11-15-22/h8-15,18,23H,5-7,16-17H2,1-4H3,(H,27,30). The number of carbonyl (C=O) groups excluding carboxylic acids is 2. The van der Waals surface area contributed by atoms with Gasteiger partial charge in [0.25, 0.3) is 0 Å². The fraction of sp³-hybridized carbons (Fsp3) is 0.440. The first-order chi connectivity index (χ1) is 15.3. The zero-order valence-electron chi connectivity index (χ0n) is 19.3. The van der Waals surface area contributed by atoms with E-state index in [9.17, 15) is 9.59 Å². The largest absolute Gasteiger partial charge is 0.497 e. The molecule has 0 saturated heterocycles. The molecule has 0 fully saturated rings. The number of ether oxygens (including phenoxy) is 1. The van der Waals surface area contributed by atoms with Crippen molar-refractivity contribution in [2.45, 2.75) is 63.6 Å². The van der Waals surface area contributed by atoms with E-state index in [0.717, 1.165) is 28.4 Å². The Labute approximate surface area is 200 Å². The molecule has 174 valence electrons. The topological polar surface area (TPSA) is 58.6 Å². The van der Waals surface area contributed by atoms with E-state index in [1.54, 1.807) is 23.8 Å². The summed E-state index contributed by atoms with van der Waals surface area (Å²) >= 11 is 7.63. The molecule has 0 spiro atoms. The third-order valence-electron chi connectivity index (χ3n) is 4.95. The van der Waals surface area contributed by atoms with Crippen LogP contribution in [-0.4, -0.2) is 41.7 Å². The van der Waals surface area contributed by atoms with Gasteiger partial charge in [0.05, 0.1) is 7.11 Å². The summed E-state index contributed by atoms with van der Waals surface area (Å²) in [6.07, 6.45) is 1.68. The number of hydrogen-bond acceptors (Lipinski definition) is 4. The van der Waals surface area contributed by atoms with E-state index in [1.807, 2.05) is 69.3 Å². The van der Waals surface area contributed by atoms with E-state index in [4.69, 9.17) is 16.3 Å². The summed E-state index contributed by atoms with van der Waals surface area (Å²) < 4.78 is 5.23. The monoisotopic (exact) mass is 476 g/mol. The average molecular weight is 477 g/mol. The number of nitrogens with zero attached hydrogens (tertiary/aromatic N) is 1. The lowest BCUT2D eigenvalue weighted by atomic mass is 10.1. The number of thioether (sulfide) groups is 1. The van der Waals surface area contributed by atoms with E-state index in [0.29, 0.717) is 24.4 Å². The summed E-state index contributed by atoms with van der Waals surface area (Å²) in [5.41, 5.74) is 0.963. The summed E-state index contributed by atoms with van der Waals surface area (Å²) in [6.45, 7) is 6.18. The van der Waals surface area contributed by atoms with Gasteiger partial charge in [0, 0.05) is 28.9 Å². The lowest BCUT2D eigenvalue weighted by Crippen LogP contribution is -2.50. The predicted molar refractivity (Wildman–Crippen MR) is 132 cm³/mol. The maximum atomic E-state index is 13.2. The van der Waals surface area contributed by atoms with Crippen LogP contribution in [0, 0.1) is 0 Å². The Morgan fingerprint density at radius 1 is 1.09 bits per heavy atom. The van der Waals surface area contributed by atoms with Gasteiger partial charge < -0.3 is 15.0 Å². The molecule has 2 rings (SSSR count). The number of carbonyl (C=O) groups is 2. The Morgan fingerprint density at radius 2 is 1.75 bits per heavy atom. The predicted octanol–water partition coefficient (Wildman–Crippen LogP) is 5.55. The zero-order chi connectivity index (χ0) is 23.5. The van der Waals surface area contributed by atoms with Crippen molar-refractivity contribution in [1.29, 1.82) is 0 Å². The number of hydrogen-bond donors (Lipinski definition) is 1. The Bertz CT molecular complexity index is 856. The molecule has 5 nitrogen and oxygen atoms in total. The zero-order valence-corrected chi connectivity index (χ0v) is 20.8. The van der Waals surface area contributed by atoms with Crippen molar-refractivity contribution in [1.82, 2.24) is 10.2 Å². The van der Waals surface area contributed by atoms with Crippen molar-refractivity contribution in [3.8, 4) is 5.75 Å². The quantitative estimate of drug-likeness (QED) is 0.322. The van der Waals surface area contributed by atoms with E-state index in [1.165, 1.54) is 0 Å². The molecule has 2 amide bonds. The van der Waals surface area contributed by atoms with Crippen molar-refractivity contribution in [2.75, 3.05) is 12.9 Å². The van der Waals surface area contributed by atoms with Gasteiger partial charge in [-0.05, 0) is 74.4 Å².